The summed E-state index contributed by atoms with van der Waals surface area (Å²) in [7, 11) is 0. The smallest absolute Gasteiger partial charge is 0.270 e. The minimum atomic E-state index is -0.369. The molecule has 0 aromatic heterocycles. The molecule has 2 aromatic carbocycles. The van der Waals surface area contributed by atoms with Gasteiger partial charge in [0.2, 0.25) is 0 Å². The number of anilines is 1. The number of nitrogen functional groups attached to an aromatic ring is 1. The lowest BCUT2D eigenvalue weighted by Crippen LogP contribution is -2.09. The first-order valence-electron chi connectivity index (χ1n) is 8.27. The third kappa shape index (κ3) is 3.70. The van der Waals surface area contributed by atoms with Crippen molar-refractivity contribution in [1.29, 1.82) is 0 Å². The number of nitrogens with zero attached hydrogens (tertiary/aromatic N) is 1. The average Bonchev–Trinajstić information content (AvgIpc) is 2.57. The number of nitro groups is 1. The lowest BCUT2D eigenvalue weighted by molar-refractivity contribution is -0.384. The SMILES string of the molecule is Nc1ccc(CC2CCCCC2)cc1-c1cccc([N+](=O)[O-])c1. The third-order valence-corrected chi connectivity index (χ3v) is 4.73. The van der Waals surface area contributed by atoms with Gasteiger partial charge in [-0.15, -0.1) is 0 Å². The first-order valence-corrected chi connectivity index (χ1v) is 8.27. The number of hydrogen-bond donors (Lipinski definition) is 1. The van der Waals surface area contributed by atoms with Gasteiger partial charge in [0, 0.05) is 23.4 Å². The van der Waals surface area contributed by atoms with Crippen LogP contribution in [0.3, 0.4) is 0 Å². The Hall–Kier alpha value is -2.36. The molecular weight excluding hydrogens is 288 g/mol. The second-order valence-corrected chi connectivity index (χ2v) is 6.44. The van der Waals surface area contributed by atoms with E-state index in [0.29, 0.717) is 5.69 Å². The van der Waals surface area contributed by atoms with Crippen LogP contribution in [0.15, 0.2) is 42.5 Å². The molecule has 0 radical (unpaired) electrons. The van der Waals surface area contributed by atoms with Crippen molar-refractivity contribution in [2.24, 2.45) is 5.92 Å². The van der Waals surface area contributed by atoms with Gasteiger partial charge in [-0.05, 0) is 35.6 Å². The van der Waals surface area contributed by atoms with Crippen LogP contribution in [-0.2, 0) is 6.42 Å². The van der Waals surface area contributed by atoms with E-state index in [1.807, 2.05) is 12.1 Å². The van der Waals surface area contributed by atoms with Gasteiger partial charge in [0.15, 0.2) is 0 Å². The second kappa shape index (κ2) is 6.82. The first-order chi connectivity index (χ1) is 11.1. The molecule has 0 atom stereocenters. The Labute approximate surface area is 136 Å². The molecule has 120 valence electrons. The fourth-order valence-corrected chi connectivity index (χ4v) is 3.49. The van der Waals surface area contributed by atoms with Crippen LogP contribution in [0.4, 0.5) is 11.4 Å². The minimum Gasteiger partial charge on any atom is -0.398 e. The van der Waals surface area contributed by atoms with Gasteiger partial charge in [-0.2, -0.15) is 0 Å². The zero-order chi connectivity index (χ0) is 16.2. The van der Waals surface area contributed by atoms with E-state index in [2.05, 4.69) is 12.1 Å². The molecule has 1 fully saturated rings. The molecule has 0 aliphatic heterocycles. The Kier molecular flexibility index (Phi) is 4.60. The van der Waals surface area contributed by atoms with Gasteiger partial charge in [-0.1, -0.05) is 50.3 Å². The van der Waals surface area contributed by atoms with Crippen LogP contribution in [0.25, 0.3) is 11.1 Å². The van der Waals surface area contributed by atoms with Gasteiger partial charge in [-0.3, -0.25) is 10.1 Å². The van der Waals surface area contributed by atoms with Crippen LogP contribution < -0.4 is 5.73 Å². The monoisotopic (exact) mass is 310 g/mol. The largest absolute Gasteiger partial charge is 0.398 e. The lowest BCUT2D eigenvalue weighted by atomic mass is 9.84. The molecule has 3 rings (SSSR count). The Morgan fingerprint density at radius 3 is 2.61 bits per heavy atom. The summed E-state index contributed by atoms with van der Waals surface area (Å²) in [4.78, 5) is 10.6. The molecule has 0 heterocycles. The van der Waals surface area contributed by atoms with Gasteiger partial charge in [0.25, 0.3) is 5.69 Å². The van der Waals surface area contributed by atoms with E-state index in [1.165, 1.54) is 43.7 Å². The fourth-order valence-electron chi connectivity index (χ4n) is 3.49. The standard InChI is InChI=1S/C19H22N2O2/c20-19-10-9-15(11-14-5-2-1-3-6-14)12-18(19)16-7-4-8-17(13-16)21(22)23/h4,7-10,12-14H,1-3,5-6,11,20H2. The Balaban J connectivity index is 1.88. The fraction of sp³-hybridized carbons (Fsp3) is 0.368. The summed E-state index contributed by atoms with van der Waals surface area (Å²) in [6.07, 6.45) is 7.70. The minimum absolute atomic E-state index is 0.0968. The zero-order valence-corrected chi connectivity index (χ0v) is 13.2. The summed E-state index contributed by atoms with van der Waals surface area (Å²) < 4.78 is 0. The van der Waals surface area contributed by atoms with Crippen molar-refractivity contribution in [2.45, 2.75) is 38.5 Å². The number of nitrogens with two attached hydrogens (primary N) is 1. The molecule has 0 saturated heterocycles. The second-order valence-electron chi connectivity index (χ2n) is 6.44. The van der Waals surface area contributed by atoms with Gasteiger partial charge < -0.3 is 5.73 Å². The maximum atomic E-state index is 11.0. The predicted octanol–water partition coefficient (Wildman–Crippen LogP) is 4.97. The van der Waals surface area contributed by atoms with Crippen molar-refractivity contribution in [1.82, 2.24) is 0 Å². The number of nitro benzene ring substituents is 1. The van der Waals surface area contributed by atoms with Gasteiger partial charge in [0.1, 0.15) is 0 Å². The number of hydrogen-bond acceptors (Lipinski definition) is 3. The van der Waals surface area contributed by atoms with Gasteiger partial charge >= 0.3 is 0 Å². The van der Waals surface area contributed by atoms with Crippen molar-refractivity contribution in [3.05, 3.63) is 58.1 Å². The number of benzene rings is 2. The molecule has 1 saturated carbocycles. The normalized spacial score (nSPS) is 15.5. The molecule has 0 amide bonds. The van der Waals surface area contributed by atoms with Gasteiger partial charge in [-0.25, -0.2) is 0 Å². The van der Waals surface area contributed by atoms with Crippen LogP contribution in [0.2, 0.25) is 0 Å². The van der Waals surface area contributed by atoms with E-state index >= 15 is 0 Å². The highest BCUT2D eigenvalue weighted by Crippen LogP contribution is 2.32. The molecule has 2 aromatic rings. The van der Waals surface area contributed by atoms with Crippen LogP contribution >= 0.6 is 0 Å². The highest BCUT2D eigenvalue weighted by Gasteiger charge is 2.15. The highest BCUT2D eigenvalue weighted by atomic mass is 16.6. The summed E-state index contributed by atoms with van der Waals surface area (Å²) in [5, 5.41) is 11.0. The van der Waals surface area contributed by atoms with Crippen molar-refractivity contribution < 1.29 is 4.92 Å². The van der Waals surface area contributed by atoms with Gasteiger partial charge in [0.05, 0.1) is 4.92 Å². The van der Waals surface area contributed by atoms with Crippen molar-refractivity contribution >= 4 is 11.4 Å². The van der Waals surface area contributed by atoms with Crippen LogP contribution in [0.5, 0.6) is 0 Å². The summed E-state index contributed by atoms with van der Waals surface area (Å²) in [5.41, 5.74) is 9.84. The molecule has 4 nitrogen and oxygen atoms in total. The molecule has 0 bridgehead atoms. The van der Waals surface area contributed by atoms with E-state index < -0.39 is 0 Å². The van der Waals surface area contributed by atoms with E-state index in [-0.39, 0.29) is 10.6 Å². The maximum absolute atomic E-state index is 11.0. The zero-order valence-electron chi connectivity index (χ0n) is 13.2. The molecule has 0 unspecified atom stereocenters. The topological polar surface area (TPSA) is 69.2 Å². The highest BCUT2D eigenvalue weighted by molar-refractivity contribution is 5.78. The molecular formula is C19H22N2O2. The summed E-state index contributed by atoms with van der Waals surface area (Å²) >= 11 is 0. The van der Waals surface area contributed by atoms with Crippen molar-refractivity contribution in [3.63, 3.8) is 0 Å². The molecule has 0 spiro atoms. The Morgan fingerprint density at radius 1 is 1.09 bits per heavy atom. The molecule has 23 heavy (non-hydrogen) atoms. The molecule has 2 N–H and O–H groups in total. The summed E-state index contributed by atoms with van der Waals surface area (Å²) in [6, 6.07) is 12.8. The lowest BCUT2D eigenvalue weighted by Gasteiger charge is -2.22. The summed E-state index contributed by atoms with van der Waals surface area (Å²) in [6.45, 7) is 0. The molecule has 1 aliphatic rings. The maximum Gasteiger partial charge on any atom is 0.270 e. The number of non-ortho nitro benzene ring substituents is 1. The van der Waals surface area contributed by atoms with E-state index in [1.54, 1.807) is 12.1 Å². The van der Waals surface area contributed by atoms with E-state index in [9.17, 15) is 10.1 Å². The molecule has 1 aliphatic carbocycles. The van der Waals surface area contributed by atoms with Crippen LogP contribution in [-0.4, -0.2) is 4.92 Å². The summed E-state index contributed by atoms with van der Waals surface area (Å²) in [5.74, 6) is 0.755. The average molecular weight is 310 g/mol. The van der Waals surface area contributed by atoms with Crippen molar-refractivity contribution in [2.75, 3.05) is 5.73 Å². The Morgan fingerprint density at radius 2 is 1.87 bits per heavy atom. The Bertz CT molecular complexity index is 706. The molecule has 4 heteroatoms. The predicted molar refractivity (Wildman–Crippen MR) is 93.2 cm³/mol. The number of rotatable bonds is 4. The van der Waals surface area contributed by atoms with Crippen LogP contribution in [0, 0.1) is 16.0 Å². The van der Waals surface area contributed by atoms with E-state index in [0.717, 1.165) is 23.5 Å². The third-order valence-electron chi connectivity index (χ3n) is 4.73. The van der Waals surface area contributed by atoms with Crippen molar-refractivity contribution in [3.8, 4) is 11.1 Å². The van der Waals surface area contributed by atoms with Crippen LogP contribution in [0.1, 0.15) is 37.7 Å². The first kappa shape index (κ1) is 15.5. The van der Waals surface area contributed by atoms with E-state index in [4.69, 9.17) is 5.73 Å². The quantitative estimate of drug-likeness (QED) is 0.492.